The van der Waals surface area contributed by atoms with Gasteiger partial charge in [0.1, 0.15) is 17.7 Å². The van der Waals surface area contributed by atoms with E-state index in [-0.39, 0.29) is 12.5 Å². The van der Waals surface area contributed by atoms with E-state index in [0.29, 0.717) is 33.7 Å². The monoisotopic (exact) mass is 442 g/mol. The van der Waals surface area contributed by atoms with E-state index in [4.69, 9.17) is 9.47 Å². The molecule has 0 unspecified atom stereocenters. The Morgan fingerprint density at radius 1 is 1.12 bits per heavy atom. The van der Waals surface area contributed by atoms with Crippen molar-refractivity contribution in [2.24, 2.45) is 0 Å². The summed E-state index contributed by atoms with van der Waals surface area (Å²) >= 11 is 0. The van der Waals surface area contributed by atoms with Crippen molar-refractivity contribution >= 4 is 34.7 Å². The molecule has 0 radical (unpaired) electrons. The zero-order chi connectivity index (χ0) is 23.2. The lowest BCUT2D eigenvalue weighted by Gasteiger charge is -2.08. The summed E-state index contributed by atoms with van der Waals surface area (Å²) in [5.74, 6) is -0.0167. The third-order valence-corrected chi connectivity index (χ3v) is 4.89. The molecule has 8 nitrogen and oxygen atoms in total. The zero-order valence-corrected chi connectivity index (χ0v) is 18.2. The van der Waals surface area contributed by atoms with Crippen molar-refractivity contribution in [3.05, 3.63) is 78.3 Å². The minimum Gasteiger partial charge on any atom is -0.497 e. The Morgan fingerprint density at radius 3 is 2.79 bits per heavy atom. The van der Waals surface area contributed by atoms with Crippen molar-refractivity contribution in [1.29, 1.82) is 0 Å². The van der Waals surface area contributed by atoms with Crippen LogP contribution in [-0.2, 0) is 9.53 Å². The van der Waals surface area contributed by atoms with Gasteiger partial charge in [0.2, 0.25) is 5.91 Å². The van der Waals surface area contributed by atoms with Crippen molar-refractivity contribution in [3.63, 3.8) is 0 Å². The van der Waals surface area contributed by atoms with Gasteiger partial charge in [0.05, 0.1) is 30.4 Å². The smallest absolute Gasteiger partial charge is 0.340 e. The quantitative estimate of drug-likeness (QED) is 0.323. The van der Waals surface area contributed by atoms with Gasteiger partial charge in [-0.3, -0.25) is 4.79 Å². The molecule has 1 amide bonds. The number of nitrogens with one attached hydrogen (secondary N) is 2. The van der Waals surface area contributed by atoms with Gasteiger partial charge in [0.15, 0.2) is 0 Å². The second-order valence-corrected chi connectivity index (χ2v) is 7.05. The topological polar surface area (TPSA) is 106 Å². The Kier molecular flexibility index (Phi) is 6.45. The van der Waals surface area contributed by atoms with Crippen LogP contribution in [-0.4, -0.2) is 40.5 Å². The Balaban J connectivity index is 1.59. The van der Waals surface area contributed by atoms with Crippen LogP contribution in [0.1, 0.15) is 22.8 Å². The number of H-pyrrole nitrogens is 1. The largest absolute Gasteiger partial charge is 0.497 e. The average molecular weight is 442 g/mol. The molecule has 0 fully saturated rings. The second kappa shape index (κ2) is 9.78. The molecule has 2 heterocycles. The molecule has 0 aliphatic rings. The molecule has 2 aromatic heterocycles. The molecule has 0 bridgehead atoms. The van der Waals surface area contributed by atoms with Crippen LogP contribution in [0.25, 0.3) is 28.4 Å². The lowest BCUT2D eigenvalue weighted by molar-refractivity contribution is -0.111. The summed E-state index contributed by atoms with van der Waals surface area (Å²) in [6.07, 6.45) is 6.15. The molecule has 0 atom stereocenters. The number of methoxy groups -OCH3 is 1. The predicted octanol–water partition coefficient (Wildman–Crippen LogP) is 4.46. The number of nitrogens with zero attached hydrogens (tertiary/aromatic N) is 2. The molecule has 166 valence electrons. The number of anilines is 1. The lowest BCUT2D eigenvalue weighted by Crippen LogP contribution is -2.08. The molecule has 4 rings (SSSR count). The first-order chi connectivity index (χ1) is 16.1. The normalized spacial score (nSPS) is 11.0. The third kappa shape index (κ3) is 4.90. The number of rotatable bonds is 7. The highest BCUT2D eigenvalue weighted by atomic mass is 16.5. The summed E-state index contributed by atoms with van der Waals surface area (Å²) in [4.78, 5) is 36.4. The van der Waals surface area contributed by atoms with E-state index in [0.717, 1.165) is 11.1 Å². The molecule has 2 aromatic carbocycles. The van der Waals surface area contributed by atoms with Crippen molar-refractivity contribution in [2.45, 2.75) is 6.92 Å². The number of amides is 1. The molecule has 8 heteroatoms. The summed E-state index contributed by atoms with van der Waals surface area (Å²) in [7, 11) is 1.59. The first-order valence-electron chi connectivity index (χ1n) is 10.3. The number of hydrogen-bond donors (Lipinski definition) is 2. The van der Waals surface area contributed by atoms with Gasteiger partial charge < -0.3 is 19.8 Å². The van der Waals surface area contributed by atoms with E-state index < -0.39 is 5.97 Å². The number of aromatic amines is 1. The van der Waals surface area contributed by atoms with Crippen molar-refractivity contribution in [2.75, 3.05) is 19.0 Å². The van der Waals surface area contributed by atoms with E-state index in [1.807, 2.05) is 30.3 Å². The molecular weight excluding hydrogens is 420 g/mol. The van der Waals surface area contributed by atoms with Crippen LogP contribution in [0, 0.1) is 0 Å². The second-order valence-electron chi connectivity index (χ2n) is 7.05. The summed E-state index contributed by atoms with van der Waals surface area (Å²) in [6, 6.07) is 14.6. The SMILES string of the molecule is CCOC(=O)c1c[nH]c2ncnc(-c3cccc(NC(=O)/C=C/c4cccc(OC)c4)c3)c12. The molecule has 0 aliphatic carbocycles. The van der Waals surface area contributed by atoms with Crippen molar-refractivity contribution in [3.8, 4) is 17.0 Å². The number of fused-ring (bicyclic) bond motifs is 1. The molecule has 0 spiro atoms. The first kappa shape index (κ1) is 21.8. The van der Waals surface area contributed by atoms with E-state index >= 15 is 0 Å². The van der Waals surface area contributed by atoms with Crippen LogP contribution >= 0.6 is 0 Å². The van der Waals surface area contributed by atoms with Gasteiger partial charge in [-0.2, -0.15) is 0 Å². The number of carbonyl (C=O) groups excluding carboxylic acids is 2. The molecule has 33 heavy (non-hydrogen) atoms. The molecule has 0 saturated carbocycles. The molecule has 2 N–H and O–H groups in total. The number of hydrogen-bond acceptors (Lipinski definition) is 6. The standard InChI is InChI=1S/C25H22N4O4/c1-3-33-25(31)20-14-26-24-22(20)23(27-15-28-24)17-7-5-8-18(13-17)29-21(30)11-10-16-6-4-9-19(12-16)32-2/h4-15H,3H2,1-2H3,(H,29,30)(H,26,27,28)/b11-10+. The fourth-order valence-corrected chi connectivity index (χ4v) is 3.40. The Morgan fingerprint density at radius 2 is 1.97 bits per heavy atom. The summed E-state index contributed by atoms with van der Waals surface area (Å²) in [6.45, 7) is 2.01. The van der Waals surface area contributed by atoms with Crippen LogP contribution in [0.15, 0.2) is 67.1 Å². The van der Waals surface area contributed by atoms with E-state index in [2.05, 4.69) is 20.3 Å². The number of carbonyl (C=O) groups is 2. The van der Waals surface area contributed by atoms with Gasteiger partial charge >= 0.3 is 5.97 Å². The van der Waals surface area contributed by atoms with Crippen LogP contribution in [0.4, 0.5) is 5.69 Å². The minimum absolute atomic E-state index is 0.263. The van der Waals surface area contributed by atoms with Crippen LogP contribution in [0.2, 0.25) is 0 Å². The van der Waals surface area contributed by atoms with Crippen LogP contribution < -0.4 is 10.1 Å². The summed E-state index contributed by atoms with van der Waals surface area (Å²) in [5.41, 5.74) is 3.61. The Bertz CT molecular complexity index is 1340. The van der Waals surface area contributed by atoms with Crippen molar-refractivity contribution in [1.82, 2.24) is 15.0 Å². The highest BCUT2D eigenvalue weighted by molar-refractivity contribution is 6.08. The number of aromatic nitrogens is 3. The Hall–Kier alpha value is -4.46. The van der Waals surface area contributed by atoms with Crippen molar-refractivity contribution < 1.29 is 19.1 Å². The van der Waals surface area contributed by atoms with Gasteiger partial charge in [-0.1, -0.05) is 24.3 Å². The lowest BCUT2D eigenvalue weighted by atomic mass is 10.1. The highest BCUT2D eigenvalue weighted by Gasteiger charge is 2.19. The highest BCUT2D eigenvalue weighted by Crippen LogP contribution is 2.30. The summed E-state index contributed by atoms with van der Waals surface area (Å²) < 4.78 is 10.4. The van der Waals surface area contributed by atoms with E-state index in [1.165, 1.54) is 12.4 Å². The van der Waals surface area contributed by atoms with Gasteiger partial charge in [0.25, 0.3) is 0 Å². The van der Waals surface area contributed by atoms with Crippen LogP contribution in [0.3, 0.4) is 0 Å². The maximum atomic E-state index is 12.5. The van der Waals surface area contributed by atoms with Gasteiger partial charge in [-0.05, 0) is 42.8 Å². The fraction of sp³-hybridized carbons (Fsp3) is 0.120. The predicted molar refractivity (Wildman–Crippen MR) is 126 cm³/mol. The number of ether oxygens (including phenoxy) is 2. The van der Waals surface area contributed by atoms with Crippen LogP contribution in [0.5, 0.6) is 5.75 Å². The number of benzene rings is 2. The number of esters is 1. The van der Waals surface area contributed by atoms with E-state index in [9.17, 15) is 9.59 Å². The average Bonchev–Trinajstić information content (AvgIpc) is 3.28. The zero-order valence-electron chi connectivity index (χ0n) is 18.2. The Labute approximate surface area is 190 Å². The molecule has 0 saturated heterocycles. The van der Waals surface area contributed by atoms with Gasteiger partial charge in [-0.25, -0.2) is 14.8 Å². The third-order valence-electron chi connectivity index (χ3n) is 4.89. The first-order valence-corrected chi connectivity index (χ1v) is 10.3. The summed E-state index contributed by atoms with van der Waals surface area (Å²) in [5, 5.41) is 3.42. The maximum absolute atomic E-state index is 12.5. The molecule has 0 aliphatic heterocycles. The van der Waals surface area contributed by atoms with E-state index in [1.54, 1.807) is 44.5 Å². The van der Waals surface area contributed by atoms with Gasteiger partial charge in [0, 0.05) is 23.5 Å². The van der Waals surface area contributed by atoms with Gasteiger partial charge in [-0.15, -0.1) is 0 Å². The minimum atomic E-state index is -0.452. The maximum Gasteiger partial charge on any atom is 0.340 e. The fourth-order valence-electron chi connectivity index (χ4n) is 3.40. The molecule has 4 aromatic rings. The molecular formula is C25H22N4O4.